The number of methoxy groups -OCH3 is 2. The van der Waals surface area contributed by atoms with Crippen molar-refractivity contribution in [2.45, 2.75) is 45.6 Å². The lowest BCUT2D eigenvalue weighted by molar-refractivity contribution is -0.124. The van der Waals surface area contributed by atoms with Gasteiger partial charge in [0.2, 0.25) is 5.91 Å². The van der Waals surface area contributed by atoms with Crippen LogP contribution in [-0.4, -0.2) is 38.9 Å². The summed E-state index contributed by atoms with van der Waals surface area (Å²) in [6.07, 6.45) is 3.14. The van der Waals surface area contributed by atoms with Gasteiger partial charge in [-0.25, -0.2) is 4.79 Å². The normalized spacial score (nSPS) is 21.4. The number of hydrogen-bond acceptors (Lipinski definition) is 6. The highest BCUT2D eigenvalue weighted by Gasteiger charge is 2.33. The Kier molecular flexibility index (Phi) is 7.25. The van der Waals surface area contributed by atoms with E-state index in [1.807, 2.05) is 6.92 Å². The zero-order chi connectivity index (χ0) is 18.4. The van der Waals surface area contributed by atoms with Gasteiger partial charge < -0.3 is 14.2 Å². The Bertz CT molecular complexity index is 580. The number of carbonyl (C=O) groups is 2. The van der Waals surface area contributed by atoms with Gasteiger partial charge in [0, 0.05) is 13.0 Å². The molecule has 25 heavy (non-hydrogen) atoms. The van der Waals surface area contributed by atoms with E-state index in [2.05, 4.69) is 11.7 Å². The van der Waals surface area contributed by atoms with Gasteiger partial charge in [0.25, 0.3) is 0 Å². The van der Waals surface area contributed by atoms with Crippen molar-refractivity contribution in [2.75, 3.05) is 25.7 Å². The molecule has 0 aromatic carbocycles. The Morgan fingerprint density at radius 2 is 1.96 bits per heavy atom. The molecule has 0 aliphatic heterocycles. The molecule has 1 aliphatic carbocycles. The molecule has 0 N–H and O–H groups in total. The summed E-state index contributed by atoms with van der Waals surface area (Å²) in [6, 6.07) is 1.52. The molecular weight excluding hydrogens is 342 g/mol. The van der Waals surface area contributed by atoms with Crippen molar-refractivity contribution in [1.29, 1.82) is 0 Å². The van der Waals surface area contributed by atoms with Gasteiger partial charge in [-0.2, -0.15) is 0 Å². The first kappa shape index (κ1) is 19.7. The van der Waals surface area contributed by atoms with Crippen molar-refractivity contribution in [3.05, 3.63) is 11.4 Å². The third-order valence-corrected chi connectivity index (χ3v) is 5.53. The third kappa shape index (κ3) is 4.95. The zero-order valence-corrected chi connectivity index (χ0v) is 16.1. The smallest absolute Gasteiger partial charge is 0.437 e. The van der Waals surface area contributed by atoms with Crippen LogP contribution < -0.4 is 9.64 Å². The molecule has 0 radical (unpaired) electrons. The van der Waals surface area contributed by atoms with Crippen LogP contribution in [0.3, 0.4) is 0 Å². The average molecular weight is 369 g/mol. The van der Waals surface area contributed by atoms with Gasteiger partial charge in [0.1, 0.15) is 5.00 Å². The van der Waals surface area contributed by atoms with Crippen LogP contribution in [0.4, 0.5) is 9.80 Å². The molecule has 2 rings (SSSR count). The first-order chi connectivity index (χ1) is 12.0. The largest absolute Gasteiger partial charge is 0.513 e. The molecule has 1 aromatic heterocycles. The maximum absolute atomic E-state index is 13.2. The van der Waals surface area contributed by atoms with Crippen LogP contribution >= 0.6 is 11.3 Å². The van der Waals surface area contributed by atoms with Crippen LogP contribution in [0.2, 0.25) is 0 Å². The summed E-state index contributed by atoms with van der Waals surface area (Å²) < 4.78 is 15.0. The van der Waals surface area contributed by atoms with Crippen LogP contribution in [0.5, 0.6) is 5.75 Å². The summed E-state index contributed by atoms with van der Waals surface area (Å²) in [5.74, 6) is 1.10. The van der Waals surface area contributed by atoms with Crippen molar-refractivity contribution in [1.82, 2.24) is 0 Å². The summed E-state index contributed by atoms with van der Waals surface area (Å²) in [7, 11) is 2.87. The topological polar surface area (TPSA) is 65.1 Å². The molecule has 1 heterocycles. The molecule has 1 atom stereocenters. The molecule has 1 aromatic rings. The summed E-state index contributed by atoms with van der Waals surface area (Å²) >= 11 is 1.37. The fourth-order valence-corrected chi connectivity index (χ4v) is 4.14. The monoisotopic (exact) mass is 369 g/mol. The number of hydrogen-bond donors (Lipinski definition) is 0. The molecule has 7 heteroatoms. The Balaban J connectivity index is 2.26. The van der Waals surface area contributed by atoms with Gasteiger partial charge in [-0.05, 0) is 50.0 Å². The minimum absolute atomic E-state index is 0.00332. The van der Waals surface area contributed by atoms with Gasteiger partial charge >= 0.3 is 6.16 Å². The van der Waals surface area contributed by atoms with Crippen molar-refractivity contribution in [3.8, 4) is 5.75 Å². The molecule has 0 saturated heterocycles. The molecule has 1 amide bonds. The van der Waals surface area contributed by atoms with Crippen LogP contribution in [-0.2, 0) is 14.3 Å². The number of anilines is 1. The number of thiophene rings is 1. The highest BCUT2D eigenvalue weighted by atomic mass is 32.1. The van der Waals surface area contributed by atoms with E-state index in [1.165, 1.54) is 18.4 Å². The maximum atomic E-state index is 13.2. The minimum Gasteiger partial charge on any atom is -0.437 e. The van der Waals surface area contributed by atoms with E-state index < -0.39 is 6.16 Å². The number of carbonyl (C=O) groups excluding carboxylic acids is 2. The van der Waals surface area contributed by atoms with E-state index in [-0.39, 0.29) is 17.9 Å². The Morgan fingerprint density at radius 1 is 1.28 bits per heavy atom. The number of rotatable bonds is 6. The van der Waals surface area contributed by atoms with Crippen molar-refractivity contribution < 1.29 is 23.8 Å². The molecule has 0 bridgehead atoms. The van der Waals surface area contributed by atoms with Crippen LogP contribution in [0.15, 0.2) is 11.4 Å². The van der Waals surface area contributed by atoms with Gasteiger partial charge in [0.15, 0.2) is 5.75 Å². The molecule has 0 spiro atoms. The molecule has 1 aliphatic rings. The predicted molar refractivity (Wildman–Crippen MR) is 97.3 cm³/mol. The van der Waals surface area contributed by atoms with Gasteiger partial charge in [-0.15, -0.1) is 11.3 Å². The van der Waals surface area contributed by atoms with Crippen LogP contribution in [0.25, 0.3) is 0 Å². The van der Waals surface area contributed by atoms with Gasteiger partial charge in [-0.3, -0.25) is 9.69 Å². The lowest BCUT2D eigenvalue weighted by atomic mass is 9.82. The summed E-state index contributed by atoms with van der Waals surface area (Å²) in [4.78, 5) is 26.5. The average Bonchev–Trinajstić information content (AvgIpc) is 3.03. The molecule has 140 valence electrons. The van der Waals surface area contributed by atoms with Crippen molar-refractivity contribution in [2.24, 2.45) is 11.8 Å². The quantitative estimate of drug-likeness (QED) is 0.707. The second kappa shape index (κ2) is 9.20. The molecule has 1 saturated carbocycles. The van der Waals surface area contributed by atoms with Gasteiger partial charge in [-0.1, -0.05) is 6.92 Å². The predicted octanol–water partition coefficient (Wildman–Crippen LogP) is 4.09. The van der Waals surface area contributed by atoms with E-state index in [0.717, 1.165) is 25.7 Å². The highest BCUT2D eigenvalue weighted by molar-refractivity contribution is 7.14. The molecular formula is C18H27NO5S. The number of amides is 1. The van der Waals surface area contributed by atoms with Crippen molar-refractivity contribution >= 4 is 28.4 Å². The van der Waals surface area contributed by atoms with E-state index in [4.69, 9.17) is 9.47 Å². The maximum Gasteiger partial charge on any atom is 0.513 e. The SMILES string of the molecule is COCC(C)N(C(=O)C1CCC(C)CC1)c1sccc1OC(=O)OC. The zero-order valence-electron chi connectivity index (χ0n) is 15.3. The Morgan fingerprint density at radius 3 is 2.56 bits per heavy atom. The van der Waals surface area contributed by atoms with Gasteiger partial charge in [0.05, 0.1) is 19.8 Å². The summed E-state index contributed by atoms with van der Waals surface area (Å²) in [6.45, 7) is 4.58. The first-order valence-electron chi connectivity index (χ1n) is 8.63. The Labute approximate surface area is 153 Å². The van der Waals surface area contributed by atoms with E-state index in [0.29, 0.717) is 23.3 Å². The summed E-state index contributed by atoms with van der Waals surface area (Å²) in [5.41, 5.74) is 0. The lowest BCUT2D eigenvalue weighted by Crippen LogP contribution is -2.45. The van der Waals surface area contributed by atoms with E-state index in [1.54, 1.807) is 23.5 Å². The minimum atomic E-state index is -0.794. The van der Waals surface area contributed by atoms with Crippen LogP contribution in [0.1, 0.15) is 39.5 Å². The van der Waals surface area contributed by atoms with Crippen molar-refractivity contribution in [3.63, 3.8) is 0 Å². The lowest BCUT2D eigenvalue weighted by Gasteiger charge is -2.34. The molecule has 1 unspecified atom stereocenters. The van der Waals surface area contributed by atoms with E-state index in [9.17, 15) is 9.59 Å². The first-order valence-corrected chi connectivity index (χ1v) is 9.51. The highest BCUT2D eigenvalue weighted by Crippen LogP contribution is 2.39. The number of nitrogens with zero attached hydrogens (tertiary/aromatic N) is 1. The summed E-state index contributed by atoms with van der Waals surface area (Å²) in [5, 5.41) is 2.43. The standard InChI is InChI=1S/C18H27NO5S/c1-12-5-7-14(8-6-12)16(20)19(13(2)11-22-3)17-15(9-10-25-17)24-18(21)23-4/h9-10,12-14H,5-8,11H2,1-4H3. The second-order valence-corrected chi connectivity index (χ2v) is 7.51. The molecule has 6 nitrogen and oxygen atoms in total. The fraction of sp³-hybridized carbons (Fsp3) is 0.667. The number of ether oxygens (including phenoxy) is 3. The second-order valence-electron chi connectivity index (χ2n) is 6.62. The third-order valence-electron chi connectivity index (χ3n) is 4.64. The Hall–Kier alpha value is -1.60. The van der Waals surface area contributed by atoms with E-state index >= 15 is 0 Å². The molecule has 1 fully saturated rings. The fourth-order valence-electron chi connectivity index (χ4n) is 3.21. The van der Waals surface area contributed by atoms with Crippen LogP contribution in [0, 0.1) is 11.8 Å².